The largest absolute Gasteiger partial charge is 0.490 e. The van der Waals surface area contributed by atoms with Gasteiger partial charge in [-0.2, -0.15) is 0 Å². The molecule has 0 heterocycles. The maximum absolute atomic E-state index is 10.7. The average Bonchev–Trinajstić information content (AvgIpc) is 2.33. The first-order chi connectivity index (χ1) is 8.54. The normalized spacial score (nSPS) is 10.4. The molecule has 0 aliphatic rings. The molecule has 0 aromatic heterocycles. The number of nitro benzene ring substituents is 1. The number of nitrogens with one attached hydrogen (secondary N) is 1. The Kier molecular flexibility index (Phi) is 5.38. The van der Waals surface area contributed by atoms with Crippen LogP contribution in [0.5, 0.6) is 5.75 Å². The minimum Gasteiger partial charge on any atom is -0.490 e. The second kappa shape index (κ2) is 6.80. The zero-order chi connectivity index (χ0) is 13.5. The summed E-state index contributed by atoms with van der Waals surface area (Å²) < 4.78 is 5.00. The Hall–Kier alpha value is -1.82. The molecule has 1 aromatic rings. The molecule has 0 bridgehead atoms. The molecule has 0 aliphatic heterocycles. The van der Waals surface area contributed by atoms with Crippen molar-refractivity contribution < 1.29 is 9.66 Å². The van der Waals surface area contributed by atoms with Crippen LogP contribution >= 0.6 is 0 Å². The van der Waals surface area contributed by atoms with Gasteiger partial charge in [-0.1, -0.05) is 0 Å². The van der Waals surface area contributed by atoms with E-state index < -0.39 is 4.92 Å². The number of benzene rings is 1. The van der Waals surface area contributed by atoms with Gasteiger partial charge >= 0.3 is 5.69 Å². The van der Waals surface area contributed by atoms with Crippen molar-refractivity contribution >= 4 is 11.4 Å². The lowest BCUT2D eigenvalue weighted by Crippen LogP contribution is -2.16. The zero-order valence-electron chi connectivity index (χ0n) is 11.0. The molecule has 0 atom stereocenters. The lowest BCUT2D eigenvalue weighted by molar-refractivity contribution is -0.385. The van der Waals surface area contributed by atoms with Gasteiger partial charge in [0, 0.05) is 24.4 Å². The highest BCUT2D eigenvalue weighted by molar-refractivity contribution is 5.57. The quantitative estimate of drug-likeness (QED) is 0.457. The standard InChI is InChI=1S/C12H19N3O3/c1-14(2)8-4-7-13-10-5-6-11(15(16)17)12(9-10)18-3/h5-6,9,13H,4,7-8H2,1-3H3. The second-order valence-corrected chi connectivity index (χ2v) is 4.23. The average molecular weight is 253 g/mol. The molecule has 0 aliphatic carbocycles. The SMILES string of the molecule is COc1cc(NCCCN(C)C)ccc1[N+](=O)[O-]. The number of nitrogens with zero attached hydrogens (tertiary/aromatic N) is 2. The van der Waals surface area contributed by atoms with Gasteiger partial charge in [-0.3, -0.25) is 10.1 Å². The minimum absolute atomic E-state index is 0.0173. The van der Waals surface area contributed by atoms with Crippen LogP contribution in [0.4, 0.5) is 11.4 Å². The third-order valence-corrected chi connectivity index (χ3v) is 2.49. The van der Waals surface area contributed by atoms with Gasteiger partial charge in [0.25, 0.3) is 0 Å². The van der Waals surface area contributed by atoms with Crippen LogP contribution in [0.2, 0.25) is 0 Å². The summed E-state index contributed by atoms with van der Waals surface area (Å²) in [4.78, 5) is 12.4. The molecule has 1 rings (SSSR count). The van der Waals surface area contributed by atoms with E-state index >= 15 is 0 Å². The summed E-state index contributed by atoms with van der Waals surface area (Å²) in [7, 11) is 5.47. The topological polar surface area (TPSA) is 67.6 Å². The fourth-order valence-corrected chi connectivity index (χ4v) is 1.57. The molecular weight excluding hydrogens is 234 g/mol. The van der Waals surface area contributed by atoms with Gasteiger partial charge < -0.3 is 15.0 Å². The third kappa shape index (κ3) is 4.21. The number of ether oxygens (including phenoxy) is 1. The first-order valence-electron chi connectivity index (χ1n) is 5.75. The van der Waals surface area contributed by atoms with E-state index in [-0.39, 0.29) is 11.4 Å². The van der Waals surface area contributed by atoms with Crippen molar-refractivity contribution in [2.75, 3.05) is 39.6 Å². The Labute approximate surface area is 107 Å². The summed E-state index contributed by atoms with van der Waals surface area (Å²) >= 11 is 0. The molecular formula is C12H19N3O3. The monoisotopic (exact) mass is 253 g/mol. The lowest BCUT2D eigenvalue weighted by Gasteiger charge is -2.11. The molecule has 0 saturated carbocycles. The highest BCUT2D eigenvalue weighted by Gasteiger charge is 2.14. The molecule has 0 fully saturated rings. The van der Waals surface area contributed by atoms with Crippen molar-refractivity contribution in [3.8, 4) is 5.75 Å². The van der Waals surface area contributed by atoms with Crippen LogP contribution < -0.4 is 10.1 Å². The van der Waals surface area contributed by atoms with Gasteiger partial charge in [0.05, 0.1) is 12.0 Å². The highest BCUT2D eigenvalue weighted by Crippen LogP contribution is 2.29. The third-order valence-electron chi connectivity index (χ3n) is 2.49. The Morgan fingerprint density at radius 1 is 1.44 bits per heavy atom. The summed E-state index contributed by atoms with van der Waals surface area (Å²) in [6, 6.07) is 4.79. The first kappa shape index (κ1) is 14.2. The van der Waals surface area contributed by atoms with Crippen LogP contribution in [0, 0.1) is 10.1 Å². The molecule has 6 heteroatoms. The van der Waals surface area contributed by atoms with Crippen LogP contribution in [0.3, 0.4) is 0 Å². The van der Waals surface area contributed by atoms with Gasteiger partial charge in [0.15, 0.2) is 5.75 Å². The van der Waals surface area contributed by atoms with Crippen LogP contribution in [-0.4, -0.2) is 44.1 Å². The number of methoxy groups -OCH3 is 1. The van der Waals surface area contributed by atoms with Gasteiger partial charge in [0.1, 0.15) is 0 Å². The summed E-state index contributed by atoms with van der Waals surface area (Å²) in [5.41, 5.74) is 0.813. The number of anilines is 1. The number of rotatable bonds is 7. The van der Waals surface area contributed by atoms with E-state index in [2.05, 4.69) is 10.2 Å². The smallest absolute Gasteiger partial charge is 0.311 e. The Morgan fingerprint density at radius 2 is 2.17 bits per heavy atom. The fraction of sp³-hybridized carbons (Fsp3) is 0.500. The van der Waals surface area contributed by atoms with Crippen LogP contribution in [0.1, 0.15) is 6.42 Å². The van der Waals surface area contributed by atoms with Crippen molar-refractivity contribution in [1.82, 2.24) is 4.90 Å². The van der Waals surface area contributed by atoms with E-state index in [9.17, 15) is 10.1 Å². The van der Waals surface area contributed by atoms with Crippen molar-refractivity contribution in [3.05, 3.63) is 28.3 Å². The molecule has 1 N–H and O–H groups in total. The predicted octanol–water partition coefficient (Wildman–Crippen LogP) is 1.97. The van der Waals surface area contributed by atoms with Gasteiger partial charge in [-0.25, -0.2) is 0 Å². The van der Waals surface area contributed by atoms with Crippen molar-refractivity contribution in [2.45, 2.75) is 6.42 Å². The lowest BCUT2D eigenvalue weighted by atomic mass is 10.2. The van der Waals surface area contributed by atoms with Crippen molar-refractivity contribution in [3.63, 3.8) is 0 Å². The van der Waals surface area contributed by atoms with Crippen LogP contribution in [0.15, 0.2) is 18.2 Å². The molecule has 0 radical (unpaired) electrons. The predicted molar refractivity (Wildman–Crippen MR) is 71.3 cm³/mol. The molecule has 18 heavy (non-hydrogen) atoms. The number of nitro groups is 1. The molecule has 0 saturated heterocycles. The number of hydrogen-bond acceptors (Lipinski definition) is 5. The summed E-state index contributed by atoms with van der Waals surface area (Å²) in [6.07, 6.45) is 1.01. The molecule has 100 valence electrons. The molecule has 1 aromatic carbocycles. The van der Waals surface area contributed by atoms with E-state index in [4.69, 9.17) is 4.74 Å². The van der Waals surface area contributed by atoms with Gasteiger partial charge in [-0.05, 0) is 33.1 Å². The summed E-state index contributed by atoms with van der Waals surface area (Å²) in [6.45, 7) is 1.82. The van der Waals surface area contributed by atoms with Gasteiger partial charge in [-0.15, -0.1) is 0 Å². The summed E-state index contributed by atoms with van der Waals surface area (Å²) in [5, 5.41) is 13.9. The van der Waals surface area contributed by atoms with E-state index in [0.29, 0.717) is 0 Å². The Morgan fingerprint density at radius 3 is 2.72 bits per heavy atom. The molecule has 6 nitrogen and oxygen atoms in total. The minimum atomic E-state index is -0.450. The van der Waals surface area contributed by atoms with Crippen molar-refractivity contribution in [1.29, 1.82) is 0 Å². The van der Waals surface area contributed by atoms with E-state index in [1.165, 1.54) is 13.2 Å². The fourth-order valence-electron chi connectivity index (χ4n) is 1.57. The van der Waals surface area contributed by atoms with E-state index in [1.807, 2.05) is 14.1 Å². The maximum atomic E-state index is 10.7. The zero-order valence-corrected chi connectivity index (χ0v) is 11.0. The van der Waals surface area contributed by atoms with E-state index in [1.54, 1.807) is 12.1 Å². The first-order valence-corrected chi connectivity index (χ1v) is 5.75. The summed E-state index contributed by atoms with van der Waals surface area (Å²) in [5.74, 6) is 0.276. The molecule has 0 unspecified atom stereocenters. The number of hydrogen-bond donors (Lipinski definition) is 1. The Balaban J connectivity index is 2.60. The molecule has 0 spiro atoms. The highest BCUT2D eigenvalue weighted by atomic mass is 16.6. The van der Waals surface area contributed by atoms with Crippen LogP contribution in [-0.2, 0) is 0 Å². The van der Waals surface area contributed by atoms with Crippen LogP contribution in [0.25, 0.3) is 0 Å². The second-order valence-electron chi connectivity index (χ2n) is 4.23. The van der Waals surface area contributed by atoms with Gasteiger partial charge in [0.2, 0.25) is 0 Å². The maximum Gasteiger partial charge on any atom is 0.311 e. The Bertz CT molecular complexity index is 408. The molecule has 0 amide bonds. The van der Waals surface area contributed by atoms with E-state index in [0.717, 1.165) is 25.2 Å². The van der Waals surface area contributed by atoms with Crippen molar-refractivity contribution in [2.24, 2.45) is 0 Å².